The van der Waals surface area contributed by atoms with Crippen LogP contribution in [0.15, 0.2) is 27.6 Å². The third-order valence-corrected chi connectivity index (χ3v) is 5.20. The van der Waals surface area contributed by atoms with Gasteiger partial charge in [-0.25, -0.2) is 0 Å². The molecular weight excluding hydrogens is 326 g/mol. The van der Waals surface area contributed by atoms with Gasteiger partial charge in [-0.05, 0) is 40.0 Å². The van der Waals surface area contributed by atoms with Crippen LogP contribution in [0.1, 0.15) is 31.9 Å². The topological polar surface area (TPSA) is 49.3 Å². The minimum atomic E-state index is -0.707. The second-order valence-corrected chi connectivity index (χ2v) is 7.56. The van der Waals surface area contributed by atoms with Gasteiger partial charge in [-0.1, -0.05) is 19.9 Å². The van der Waals surface area contributed by atoms with E-state index in [0.717, 1.165) is 10.0 Å². The highest BCUT2D eigenvalue weighted by atomic mass is 79.9. The molecule has 1 fully saturated rings. The van der Waals surface area contributed by atoms with Crippen LogP contribution in [0.25, 0.3) is 0 Å². The zero-order valence-electron chi connectivity index (χ0n) is 11.0. The molecule has 0 bridgehead atoms. The van der Waals surface area contributed by atoms with Crippen molar-refractivity contribution in [2.45, 2.75) is 36.5 Å². The van der Waals surface area contributed by atoms with E-state index in [1.165, 1.54) is 4.90 Å². The van der Waals surface area contributed by atoms with Gasteiger partial charge < -0.3 is 10.4 Å². The summed E-state index contributed by atoms with van der Waals surface area (Å²) in [5.41, 5.74) is 1.16. The summed E-state index contributed by atoms with van der Waals surface area (Å²) in [7, 11) is 0. The van der Waals surface area contributed by atoms with Crippen LogP contribution >= 0.6 is 27.7 Å². The summed E-state index contributed by atoms with van der Waals surface area (Å²) in [6.45, 7) is 4.89. The monoisotopic (exact) mass is 343 g/mol. The van der Waals surface area contributed by atoms with E-state index in [1.807, 2.05) is 11.8 Å². The van der Waals surface area contributed by atoms with Crippen molar-refractivity contribution >= 4 is 33.7 Å². The average Bonchev–Trinajstić information content (AvgIpc) is 2.80. The first-order valence-corrected chi connectivity index (χ1v) is 8.07. The van der Waals surface area contributed by atoms with Gasteiger partial charge in [0.2, 0.25) is 0 Å². The molecule has 2 N–H and O–H groups in total. The van der Waals surface area contributed by atoms with E-state index in [1.54, 1.807) is 0 Å². The number of benzene rings is 1. The molecule has 0 radical (unpaired) electrons. The molecular formula is C14H18BrNO2S. The lowest BCUT2D eigenvalue weighted by molar-refractivity contribution is -0.141. The quantitative estimate of drug-likeness (QED) is 0.818. The number of hydrogen-bond donors (Lipinski definition) is 2. The number of hydrogen-bond acceptors (Lipinski definition) is 3. The summed E-state index contributed by atoms with van der Waals surface area (Å²) in [4.78, 5) is 12.2. The predicted molar refractivity (Wildman–Crippen MR) is 81.6 cm³/mol. The third kappa shape index (κ3) is 3.74. The van der Waals surface area contributed by atoms with Gasteiger partial charge in [-0.15, -0.1) is 11.8 Å². The van der Waals surface area contributed by atoms with Gasteiger partial charge in [0.05, 0.1) is 5.92 Å². The van der Waals surface area contributed by atoms with Crippen LogP contribution in [0.5, 0.6) is 0 Å². The summed E-state index contributed by atoms with van der Waals surface area (Å²) < 4.78 is 1.09. The number of carboxylic acid groups (broad SMARTS) is 1. The highest BCUT2D eigenvalue weighted by molar-refractivity contribution is 9.10. The summed E-state index contributed by atoms with van der Waals surface area (Å²) in [6, 6.07) is 6.46. The number of nitrogens with one attached hydrogen (secondary N) is 1. The average molecular weight is 344 g/mol. The molecule has 1 aromatic carbocycles. The van der Waals surface area contributed by atoms with Gasteiger partial charge in [-0.3, -0.25) is 4.79 Å². The standard InChI is InChI=1S/C14H18BrNO2S/c1-8(2)19-13-4-3-9(5-11(13)15)12-6-10(7-16-12)14(17)18/h3-5,8,10,12,16H,6-7H2,1-2H3,(H,17,18). The number of thioether (sulfide) groups is 1. The second-order valence-electron chi connectivity index (χ2n) is 5.09. The SMILES string of the molecule is CC(C)Sc1ccc(C2CC(C(=O)O)CN2)cc1Br. The van der Waals surface area contributed by atoms with Crippen LogP contribution in [-0.2, 0) is 4.79 Å². The Bertz CT molecular complexity index is 479. The Kier molecular flexibility index (Phi) is 4.92. The normalized spacial score (nSPS) is 22.9. The third-order valence-electron chi connectivity index (χ3n) is 3.20. The van der Waals surface area contributed by atoms with Crippen molar-refractivity contribution in [1.29, 1.82) is 0 Å². The zero-order valence-corrected chi connectivity index (χ0v) is 13.4. The number of carbonyl (C=O) groups is 1. The van der Waals surface area contributed by atoms with Gasteiger partial charge in [-0.2, -0.15) is 0 Å². The van der Waals surface area contributed by atoms with Gasteiger partial charge in [0.15, 0.2) is 0 Å². The Balaban J connectivity index is 2.10. The van der Waals surface area contributed by atoms with Gasteiger partial charge in [0, 0.05) is 27.2 Å². The summed E-state index contributed by atoms with van der Waals surface area (Å²) >= 11 is 5.42. The minimum Gasteiger partial charge on any atom is -0.481 e. The lowest BCUT2D eigenvalue weighted by atomic mass is 10.0. The smallest absolute Gasteiger partial charge is 0.307 e. The van der Waals surface area contributed by atoms with E-state index >= 15 is 0 Å². The van der Waals surface area contributed by atoms with Crippen molar-refractivity contribution in [2.75, 3.05) is 6.54 Å². The first-order valence-electron chi connectivity index (χ1n) is 6.39. The number of carboxylic acids is 1. The lowest BCUT2D eigenvalue weighted by Gasteiger charge is -2.14. The van der Waals surface area contributed by atoms with Gasteiger partial charge in [0.1, 0.15) is 0 Å². The van der Waals surface area contributed by atoms with Crippen molar-refractivity contribution in [3.05, 3.63) is 28.2 Å². The van der Waals surface area contributed by atoms with Crippen LogP contribution < -0.4 is 5.32 Å². The minimum absolute atomic E-state index is 0.149. The van der Waals surface area contributed by atoms with E-state index in [9.17, 15) is 4.79 Å². The summed E-state index contributed by atoms with van der Waals surface area (Å²) in [5, 5.41) is 12.9. The molecule has 1 aliphatic heterocycles. The molecule has 2 atom stereocenters. The maximum absolute atomic E-state index is 11.0. The van der Waals surface area contributed by atoms with E-state index in [2.05, 4.69) is 53.3 Å². The molecule has 0 saturated carbocycles. The van der Waals surface area contributed by atoms with E-state index < -0.39 is 5.97 Å². The molecule has 1 aromatic rings. The molecule has 0 amide bonds. The first kappa shape index (κ1) is 14.9. The Morgan fingerprint density at radius 2 is 2.26 bits per heavy atom. The maximum Gasteiger partial charge on any atom is 0.307 e. The van der Waals surface area contributed by atoms with Gasteiger partial charge >= 0.3 is 5.97 Å². The fourth-order valence-corrected chi connectivity index (χ4v) is 3.76. The molecule has 5 heteroatoms. The van der Waals surface area contributed by atoms with Crippen molar-refractivity contribution in [1.82, 2.24) is 5.32 Å². The maximum atomic E-state index is 11.0. The fraction of sp³-hybridized carbons (Fsp3) is 0.500. The molecule has 1 saturated heterocycles. The van der Waals surface area contributed by atoms with Crippen molar-refractivity contribution in [2.24, 2.45) is 5.92 Å². The van der Waals surface area contributed by atoms with Gasteiger partial charge in [0.25, 0.3) is 0 Å². The van der Waals surface area contributed by atoms with Crippen LogP contribution in [0.3, 0.4) is 0 Å². The lowest BCUT2D eigenvalue weighted by Crippen LogP contribution is -2.17. The van der Waals surface area contributed by atoms with Crippen molar-refractivity contribution in [3.8, 4) is 0 Å². The molecule has 0 aromatic heterocycles. The Hall–Kier alpha value is -0.520. The second kappa shape index (κ2) is 6.29. The molecule has 1 heterocycles. The molecule has 3 nitrogen and oxygen atoms in total. The molecule has 1 aliphatic rings. The molecule has 0 aliphatic carbocycles. The Morgan fingerprint density at radius 3 is 2.79 bits per heavy atom. The number of rotatable bonds is 4. The largest absolute Gasteiger partial charge is 0.481 e. The summed E-state index contributed by atoms with van der Waals surface area (Å²) in [5.74, 6) is -0.977. The van der Waals surface area contributed by atoms with E-state index in [4.69, 9.17) is 5.11 Å². The summed E-state index contributed by atoms with van der Waals surface area (Å²) in [6.07, 6.45) is 0.665. The molecule has 0 spiro atoms. The zero-order chi connectivity index (χ0) is 14.0. The fourth-order valence-electron chi connectivity index (χ4n) is 2.26. The Labute approximate surface area is 126 Å². The first-order chi connectivity index (χ1) is 8.97. The van der Waals surface area contributed by atoms with Crippen LogP contribution in [0.2, 0.25) is 0 Å². The number of halogens is 1. The molecule has 2 rings (SSSR count). The highest BCUT2D eigenvalue weighted by Gasteiger charge is 2.30. The van der Waals surface area contributed by atoms with Crippen molar-refractivity contribution < 1.29 is 9.90 Å². The molecule has 2 unspecified atom stereocenters. The van der Waals surface area contributed by atoms with Crippen LogP contribution in [0.4, 0.5) is 0 Å². The molecule has 19 heavy (non-hydrogen) atoms. The van der Waals surface area contributed by atoms with Crippen molar-refractivity contribution in [3.63, 3.8) is 0 Å². The number of aliphatic carboxylic acids is 1. The highest BCUT2D eigenvalue weighted by Crippen LogP contribution is 2.35. The van der Waals surface area contributed by atoms with E-state index in [0.29, 0.717) is 18.2 Å². The van der Waals surface area contributed by atoms with Crippen LogP contribution in [0, 0.1) is 5.92 Å². The molecule has 104 valence electrons. The van der Waals surface area contributed by atoms with E-state index in [-0.39, 0.29) is 12.0 Å². The predicted octanol–water partition coefficient (Wildman–Crippen LogP) is 3.68. The Morgan fingerprint density at radius 1 is 1.53 bits per heavy atom. The van der Waals surface area contributed by atoms with Crippen LogP contribution in [-0.4, -0.2) is 22.9 Å².